The van der Waals surface area contributed by atoms with Crippen molar-refractivity contribution in [2.24, 2.45) is 0 Å². The van der Waals surface area contributed by atoms with Crippen molar-refractivity contribution < 1.29 is 0 Å². The third kappa shape index (κ3) is 5.12. The summed E-state index contributed by atoms with van der Waals surface area (Å²) in [6.45, 7) is 13.3. The molecule has 2 aromatic carbocycles. The lowest BCUT2D eigenvalue weighted by Crippen LogP contribution is -2.12. The first kappa shape index (κ1) is 21.5. The second kappa shape index (κ2) is 7.65. The van der Waals surface area contributed by atoms with Gasteiger partial charge < -0.3 is 5.32 Å². The van der Waals surface area contributed by atoms with E-state index in [0.717, 1.165) is 29.3 Å². The van der Waals surface area contributed by atoms with Crippen LogP contribution in [0.2, 0.25) is 0 Å². The topological polar surface area (TPSA) is 12.0 Å². The van der Waals surface area contributed by atoms with Gasteiger partial charge in [-0.3, -0.25) is 0 Å². The Morgan fingerprint density at radius 1 is 0.560 bits per heavy atom. The number of hydrogen-bond acceptors (Lipinski definition) is 1. The minimum Gasteiger partial charge on any atom is -0.352 e. The van der Waals surface area contributed by atoms with Crippen LogP contribution in [0, 0.1) is 0 Å². The predicted molar refractivity (Wildman–Crippen MR) is 124 cm³/mol. The van der Waals surface area contributed by atoms with Crippen molar-refractivity contribution in [3.63, 3.8) is 0 Å². The zero-order valence-corrected chi connectivity index (χ0v) is 21.7. The summed E-state index contributed by atoms with van der Waals surface area (Å²) in [5.41, 5.74) is 4.77. The quantitative estimate of drug-likeness (QED) is 0.365. The summed E-state index contributed by atoms with van der Waals surface area (Å²) in [7, 11) is 0. The molecule has 0 bridgehead atoms. The molecule has 0 heterocycles. The summed E-state index contributed by atoms with van der Waals surface area (Å²) in [5.74, 6) is 0. The highest BCUT2D eigenvalue weighted by Crippen LogP contribution is 2.42. The molecule has 0 aliphatic rings. The molecular weight excluding hydrogens is 574 g/mol. The molecule has 0 aliphatic carbocycles. The monoisotopic (exact) mass is 593 g/mol. The second-order valence-electron chi connectivity index (χ2n) is 8.25. The standard InChI is InChI=1S/C20H23Br4N/c1-19(2,3)11-7-13(21)17(14(22)8-11)25-18-15(23)9-12(10-16(18)24)20(4,5)6/h7-10,25H,1-6H3. The van der Waals surface area contributed by atoms with Gasteiger partial charge in [-0.15, -0.1) is 0 Å². The van der Waals surface area contributed by atoms with E-state index in [4.69, 9.17) is 0 Å². The molecule has 0 spiro atoms. The van der Waals surface area contributed by atoms with Crippen molar-refractivity contribution in [2.45, 2.75) is 52.4 Å². The summed E-state index contributed by atoms with van der Waals surface area (Å²) in [5, 5.41) is 3.55. The van der Waals surface area contributed by atoms with E-state index in [1.165, 1.54) is 11.1 Å². The lowest BCUT2D eigenvalue weighted by Gasteiger charge is -2.24. The highest BCUT2D eigenvalue weighted by Gasteiger charge is 2.20. The third-order valence-corrected chi connectivity index (χ3v) is 6.57. The van der Waals surface area contributed by atoms with Crippen molar-refractivity contribution in [3.05, 3.63) is 53.3 Å². The first-order chi connectivity index (χ1) is 11.3. The van der Waals surface area contributed by atoms with E-state index in [2.05, 4.69) is 135 Å². The Labute approximate surface area is 184 Å². The summed E-state index contributed by atoms with van der Waals surface area (Å²) in [4.78, 5) is 0. The van der Waals surface area contributed by atoms with E-state index in [9.17, 15) is 0 Å². The molecule has 1 N–H and O–H groups in total. The van der Waals surface area contributed by atoms with E-state index in [1.807, 2.05) is 0 Å². The van der Waals surface area contributed by atoms with Crippen molar-refractivity contribution in [1.82, 2.24) is 0 Å². The van der Waals surface area contributed by atoms with Crippen molar-refractivity contribution in [1.29, 1.82) is 0 Å². The molecule has 0 aliphatic heterocycles. The second-order valence-corrected chi connectivity index (χ2v) is 11.7. The minimum atomic E-state index is 0.0963. The third-order valence-electron chi connectivity index (χ3n) is 4.07. The summed E-state index contributed by atoms with van der Waals surface area (Å²) < 4.78 is 4.13. The number of hydrogen-bond donors (Lipinski definition) is 1. The van der Waals surface area contributed by atoms with E-state index in [0.29, 0.717) is 0 Å². The van der Waals surface area contributed by atoms with Crippen LogP contribution < -0.4 is 5.32 Å². The van der Waals surface area contributed by atoms with Gasteiger partial charge in [0.2, 0.25) is 0 Å². The molecule has 0 aromatic heterocycles. The first-order valence-electron chi connectivity index (χ1n) is 8.07. The van der Waals surface area contributed by atoms with Crippen LogP contribution in [0.1, 0.15) is 52.7 Å². The number of nitrogens with one attached hydrogen (secondary N) is 1. The Hall–Kier alpha value is 0.160. The van der Waals surface area contributed by atoms with E-state index >= 15 is 0 Å². The fourth-order valence-electron chi connectivity index (χ4n) is 2.38. The van der Waals surface area contributed by atoms with Gasteiger partial charge in [-0.25, -0.2) is 0 Å². The Morgan fingerprint density at radius 3 is 1.00 bits per heavy atom. The van der Waals surface area contributed by atoms with Gasteiger partial charge in [0, 0.05) is 17.9 Å². The van der Waals surface area contributed by atoms with Crippen LogP contribution in [0.15, 0.2) is 42.2 Å². The maximum absolute atomic E-state index is 3.72. The Balaban J connectivity index is 2.48. The van der Waals surface area contributed by atoms with Crippen LogP contribution in [-0.2, 0) is 10.8 Å². The number of benzene rings is 2. The summed E-state index contributed by atoms with van der Waals surface area (Å²) >= 11 is 14.9. The first-order valence-corrected chi connectivity index (χ1v) is 11.2. The fourth-order valence-corrected chi connectivity index (χ4v) is 5.15. The number of anilines is 2. The molecule has 0 unspecified atom stereocenters. The van der Waals surface area contributed by atoms with Crippen molar-refractivity contribution in [2.75, 3.05) is 5.32 Å². The molecule has 25 heavy (non-hydrogen) atoms. The Morgan fingerprint density at radius 2 is 0.800 bits per heavy atom. The average Bonchev–Trinajstić information content (AvgIpc) is 2.42. The molecule has 2 aromatic rings. The Bertz CT molecular complexity index is 685. The maximum atomic E-state index is 3.72. The molecule has 0 saturated heterocycles. The molecule has 0 fully saturated rings. The van der Waals surface area contributed by atoms with Gasteiger partial charge in [-0.1, -0.05) is 41.5 Å². The van der Waals surface area contributed by atoms with Crippen LogP contribution in [-0.4, -0.2) is 0 Å². The zero-order chi connectivity index (χ0) is 19.2. The van der Waals surface area contributed by atoms with Crippen molar-refractivity contribution in [3.8, 4) is 0 Å². The minimum absolute atomic E-state index is 0.0963. The molecule has 136 valence electrons. The van der Waals surface area contributed by atoms with Crippen LogP contribution in [0.3, 0.4) is 0 Å². The summed E-state index contributed by atoms with van der Waals surface area (Å²) in [6.07, 6.45) is 0. The molecule has 0 amide bonds. The lowest BCUT2D eigenvalue weighted by atomic mass is 9.87. The van der Waals surface area contributed by atoms with Crippen LogP contribution in [0.4, 0.5) is 11.4 Å². The largest absolute Gasteiger partial charge is 0.352 e. The highest BCUT2D eigenvalue weighted by molar-refractivity contribution is 9.11. The van der Waals surface area contributed by atoms with Gasteiger partial charge in [-0.2, -0.15) is 0 Å². The SMILES string of the molecule is CC(C)(C)c1cc(Br)c(Nc2c(Br)cc(C(C)(C)C)cc2Br)c(Br)c1. The molecule has 0 saturated carbocycles. The smallest absolute Gasteiger partial charge is 0.0673 e. The van der Waals surface area contributed by atoms with E-state index in [1.54, 1.807) is 0 Å². The van der Waals surface area contributed by atoms with Crippen LogP contribution in [0.5, 0.6) is 0 Å². The molecule has 2 rings (SSSR count). The van der Waals surface area contributed by atoms with Gasteiger partial charge in [0.25, 0.3) is 0 Å². The van der Waals surface area contributed by atoms with Gasteiger partial charge in [0.15, 0.2) is 0 Å². The zero-order valence-electron chi connectivity index (χ0n) is 15.3. The normalized spacial score (nSPS) is 12.4. The van der Waals surface area contributed by atoms with Crippen LogP contribution >= 0.6 is 63.7 Å². The number of rotatable bonds is 2. The molecule has 1 nitrogen and oxygen atoms in total. The Kier molecular flexibility index (Phi) is 6.57. The van der Waals surface area contributed by atoms with Crippen molar-refractivity contribution >= 4 is 75.1 Å². The number of halogens is 4. The summed E-state index contributed by atoms with van der Waals surface area (Å²) in [6, 6.07) is 8.72. The van der Waals surface area contributed by atoms with Gasteiger partial charge in [-0.05, 0) is 110 Å². The van der Waals surface area contributed by atoms with Crippen LogP contribution in [0.25, 0.3) is 0 Å². The molecular formula is C20H23Br4N. The molecule has 5 heteroatoms. The molecule has 0 radical (unpaired) electrons. The predicted octanol–water partition coefficient (Wildman–Crippen LogP) is 9.08. The van der Waals surface area contributed by atoms with E-state index in [-0.39, 0.29) is 10.8 Å². The lowest BCUT2D eigenvalue weighted by molar-refractivity contribution is 0.589. The molecule has 0 atom stereocenters. The average molecular weight is 597 g/mol. The fraction of sp³-hybridized carbons (Fsp3) is 0.400. The van der Waals surface area contributed by atoms with E-state index < -0.39 is 0 Å². The maximum Gasteiger partial charge on any atom is 0.0673 e. The van der Waals surface area contributed by atoms with Gasteiger partial charge in [0.1, 0.15) is 0 Å². The highest BCUT2D eigenvalue weighted by atomic mass is 79.9. The van der Waals surface area contributed by atoms with Gasteiger partial charge in [0.05, 0.1) is 11.4 Å². The van der Waals surface area contributed by atoms with Gasteiger partial charge >= 0.3 is 0 Å².